The van der Waals surface area contributed by atoms with E-state index in [1.165, 1.54) is 10.9 Å². The predicted molar refractivity (Wildman–Crippen MR) is 69.2 cm³/mol. The first-order chi connectivity index (χ1) is 8.36. The maximum absolute atomic E-state index is 8.22. The molecule has 1 aliphatic rings. The Morgan fingerprint density at radius 3 is 2.59 bits per heavy atom. The Morgan fingerprint density at radius 2 is 1.65 bits per heavy atom. The quantitative estimate of drug-likeness (QED) is 0.469. The van der Waals surface area contributed by atoms with Gasteiger partial charge in [-0.05, 0) is 18.2 Å². The highest BCUT2D eigenvalue weighted by molar-refractivity contribution is 6.18. The molecule has 0 spiro atoms. The molecular formula is C15H10N2. The van der Waals surface area contributed by atoms with Gasteiger partial charge >= 0.3 is 0 Å². The molecule has 0 unspecified atom stereocenters. The van der Waals surface area contributed by atoms with Crippen LogP contribution in [0.2, 0.25) is 0 Å². The fourth-order valence-electron chi connectivity index (χ4n) is 2.62. The van der Waals surface area contributed by atoms with Crippen LogP contribution >= 0.6 is 0 Å². The summed E-state index contributed by atoms with van der Waals surface area (Å²) in [5, 5.41) is 9.42. The van der Waals surface area contributed by atoms with Gasteiger partial charge in [0.2, 0.25) is 0 Å². The summed E-state index contributed by atoms with van der Waals surface area (Å²) in [7, 11) is 0. The molecule has 0 amide bonds. The van der Waals surface area contributed by atoms with Crippen molar-refractivity contribution < 1.29 is 0 Å². The standard InChI is InChI=1S/C15H10N2/c16-15-11-6-2-4-8-13(11)17-12-7-3-1-5-10(12)9-14(15)17/h1-9,16H. The van der Waals surface area contributed by atoms with Crippen molar-refractivity contribution in [2.75, 3.05) is 0 Å². The van der Waals surface area contributed by atoms with E-state index in [0.717, 1.165) is 16.9 Å². The second kappa shape index (κ2) is 2.86. The third kappa shape index (κ3) is 0.972. The topological polar surface area (TPSA) is 28.8 Å². The van der Waals surface area contributed by atoms with Crippen LogP contribution in [0.5, 0.6) is 0 Å². The van der Waals surface area contributed by atoms with Crippen LogP contribution < -0.4 is 0 Å². The number of benzene rings is 2. The molecule has 1 aromatic heterocycles. The molecule has 2 heteroatoms. The Kier molecular flexibility index (Phi) is 1.47. The van der Waals surface area contributed by atoms with E-state index >= 15 is 0 Å². The highest BCUT2D eigenvalue weighted by Gasteiger charge is 2.24. The van der Waals surface area contributed by atoms with Crippen LogP contribution in [-0.2, 0) is 0 Å². The summed E-state index contributed by atoms with van der Waals surface area (Å²) >= 11 is 0. The second-order valence-electron chi connectivity index (χ2n) is 4.32. The number of aromatic nitrogens is 1. The molecule has 0 aliphatic carbocycles. The Hall–Kier alpha value is -2.35. The minimum atomic E-state index is 0.622. The molecular weight excluding hydrogens is 208 g/mol. The van der Waals surface area contributed by atoms with E-state index in [1.807, 2.05) is 30.3 Å². The first-order valence-electron chi connectivity index (χ1n) is 5.65. The van der Waals surface area contributed by atoms with Gasteiger partial charge in [-0.3, -0.25) is 5.41 Å². The molecule has 4 rings (SSSR count). The maximum atomic E-state index is 8.22. The molecule has 0 radical (unpaired) electrons. The zero-order chi connectivity index (χ0) is 11.4. The fourth-order valence-corrected chi connectivity index (χ4v) is 2.62. The molecule has 0 saturated heterocycles. The Balaban J connectivity index is 2.22. The monoisotopic (exact) mass is 218 g/mol. The Bertz CT molecular complexity index is 765. The molecule has 2 heterocycles. The number of nitrogens with one attached hydrogen (secondary N) is 1. The number of para-hydroxylation sites is 2. The summed E-state index contributed by atoms with van der Waals surface area (Å²) in [6.45, 7) is 0. The number of nitrogens with zero attached hydrogens (tertiary/aromatic N) is 1. The lowest BCUT2D eigenvalue weighted by atomic mass is 10.1. The normalized spacial score (nSPS) is 12.8. The van der Waals surface area contributed by atoms with Crippen molar-refractivity contribution >= 4 is 16.6 Å². The highest BCUT2D eigenvalue weighted by Crippen LogP contribution is 2.33. The van der Waals surface area contributed by atoms with Crippen LogP contribution in [0, 0.1) is 5.41 Å². The molecule has 0 fully saturated rings. The van der Waals surface area contributed by atoms with Crippen LogP contribution in [0.15, 0.2) is 54.6 Å². The number of hydrogen-bond acceptors (Lipinski definition) is 1. The minimum Gasteiger partial charge on any atom is -0.307 e. The maximum Gasteiger partial charge on any atom is 0.0874 e. The summed E-state index contributed by atoms with van der Waals surface area (Å²) < 4.78 is 2.17. The number of hydrogen-bond donors (Lipinski definition) is 1. The average molecular weight is 218 g/mol. The van der Waals surface area contributed by atoms with Gasteiger partial charge in [0.1, 0.15) is 0 Å². The van der Waals surface area contributed by atoms with Crippen molar-refractivity contribution in [1.82, 2.24) is 4.57 Å². The summed E-state index contributed by atoms with van der Waals surface area (Å²) in [6.07, 6.45) is 0. The molecule has 2 nitrogen and oxygen atoms in total. The van der Waals surface area contributed by atoms with Gasteiger partial charge in [0.25, 0.3) is 0 Å². The summed E-state index contributed by atoms with van der Waals surface area (Å²) in [5.41, 5.74) is 4.93. The Morgan fingerprint density at radius 1 is 0.882 bits per heavy atom. The van der Waals surface area contributed by atoms with Gasteiger partial charge in [-0.1, -0.05) is 36.4 Å². The van der Waals surface area contributed by atoms with Crippen LogP contribution in [0.25, 0.3) is 16.6 Å². The molecule has 0 saturated carbocycles. The van der Waals surface area contributed by atoms with E-state index in [4.69, 9.17) is 5.41 Å². The zero-order valence-corrected chi connectivity index (χ0v) is 9.14. The molecule has 2 aromatic carbocycles. The van der Waals surface area contributed by atoms with Crippen molar-refractivity contribution in [2.45, 2.75) is 0 Å². The van der Waals surface area contributed by atoms with Crippen molar-refractivity contribution in [3.05, 3.63) is 65.9 Å². The number of fused-ring (bicyclic) bond motifs is 5. The van der Waals surface area contributed by atoms with Gasteiger partial charge in [-0.2, -0.15) is 0 Å². The third-order valence-corrected chi connectivity index (χ3v) is 3.38. The van der Waals surface area contributed by atoms with Crippen LogP contribution in [0.1, 0.15) is 11.3 Å². The SMILES string of the molecule is N=C1c2ccccc2-n2c1cc1ccccc12. The van der Waals surface area contributed by atoms with Gasteiger partial charge in [0.15, 0.2) is 0 Å². The van der Waals surface area contributed by atoms with Crippen molar-refractivity contribution in [1.29, 1.82) is 5.41 Å². The number of rotatable bonds is 0. The lowest BCUT2D eigenvalue weighted by Gasteiger charge is -2.03. The zero-order valence-electron chi connectivity index (χ0n) is 9.14. The summed E-state index contributed by atoms with van der Waals surface area (Å²) in [4.78, 5) is 0. The predicted octanol–water partition coefficient (Wildman–Crippen LogP) is 3.36. The lowest BCUT2D eigenvalue weighted by Crippen LogP contribution is -1.94. The van der Waals surface area contributed by atoms with Gasteiger partial charge in [0.05, 0.1) is 22.6 Å². The van der Waals surface area contributed by atoms with E-state index in [-0.39, 0.29) is 0 Å². The van der Waals surface area contributed by atoms with E-state index in [9.17, 15) is 0 Å². The molecule has 80 valence electrons. The fraction of sp³-hybridized carbons (Fsp3) is 0. The molecule has 1 aliphatic heterocycles. The van der Waals surface area contributed by atoms with Gasteiger partial charge in [0, 0.05) is 10.9 Å². The van der Waals surface area contributed by atoms with E-state index < -0.39 is 0 Å². The highest BCUT2D eigenvalue weighted by atomic mass is 15.0. The van der Waals surface area contributed by atoms with Crippen LogP contribution in [0.3, 0.4) is 0 Å². The largest absolute Gasteiger partial charge is 0.307 e. The van der Waals surface area contributed by atoms with Crippen molar-refractivity contribution in [2.24, 2.45) is 0 Å². The Labute approximate surface area is 98.6 Å². The van der Waals surface area contributed by atoms with Crippen molar-refractivity contribution in [3.63, 3.8) is 0 Å². The summed E-state index contributed by atoms with van der Waals surface area (Å²) in [5.74, 6) is 0. The van der Waals surface area contributed by atoms with E-state index in [1.54, 1.807) is 0 Å². The lowest BCUT2D eigenvalue weighted by molar-refractivity contribution is 1.14. The third-order valence-electron chi connectivity index (χ3n) is 3.38. The van der Waals surface area contributed by atoms with Gasteiger partial charge < -0.3 is 4.57 Å². The molecule has 0 atom stereocenters. The minimum absolute atomic E-state index is 0.622. The van der Waals surface area contributed by atoms with Gasteiger partial charge in [-0.25, -0.2) is 0 Å². The summed E-state index contributed by atoms with van der Waals surface area (Å²) in [6, 6.07) is 18.5. The molecule has 17 heavy (non-hydrogen) atoms. The van der Waals surface area contributed by atoms with Crippen molar-refractivity contribution in [3.8, 4) is 5.69 Å². The van der Waals surface area contributed by atoms with Gasteiger partial charge in [-0.15, -0.1) is 0 Å². The first-order valence-corrected chi connectivity index (χ1v) is 5.65. The van der Waals surface area contributed by atoms with E-state index in [0.29, 0.717) is 5.71 Å². The van der Waals surface area contributed by atoms with E-state index in [2.05, 4.69) is 28.8 Å². The molecule has 1 N–H and O–H groups in total. The second-order valence-corrected chi connectivity index (χ2v) is 4.32. The van der Waals surface area contributed by atoms with Crippen LogP contribution in [-0.4, -0.2) is 10.3 Å². The average Bonchev–Trinajstić information content (AvgIpc) is 2.88. The molecule has 0 bridgehead atoms. The molecule has 3 aromatic rings. The van der Waals surface area contributed by atoms with Crippen LogP contribution in [0.4, 0.5) is 0 Å². The first kappa shape index (κ1) is 8.76. The smallest absolute Gasteiger partial charge is 0.0874 e.